The molecule has 2 aliphatic rings. The Kier molecular flexibility index (Phi) is 7.01. The first-order valence-corrected chi connectivity index (χ1v) is 10.6. The number of rotatable bonds is 5. The number of hydrogen-bond donors (Lipinski definition) is 2. The van der Waals surface area contributed by atoms with Crippen molar-refractivity contribution in [2.45, 2.75) is 65.1 Å². The molecule has 158 valence electrons. The van der Waals surface area contributed by atoms with Crippen LogP contribution >= 0.6 is 12.4 Å². The number of carbonyl (C=O) groups excluding carboxylic acids is 1. The number of aromatic nitrogens is 2. The fourth-order valence-corrected chi connectivity index (χ4v) is 5.22. The second-order valence-electron chi connectivity index (χ2n) is 8.71. The van der Waals surface area contributed by atoms with Gasteiger partial charge in [-0.2, -0.15) is 5.10 Å². The molecule has 2 fully saturated rings. The highest BCUT2D eigenvalue weighted by Gasteiger charge is 2.40. The first-order chi connectivity index (χ1) is 13.5. The standard InChI is InChI=1S/C23H32N4O.ClH/c1-15-21(16(2)27(26-15)14-17-7-4-3-5-8-17)13-25-23(28)20-11-18-9-6-10-19(12-20)22(18)24;/h3-5,7-8,18-20,22H,6,9-14,24H2,1-2H3,(H,25,28);1H. The molecule has 0 aliphatic heterocycles. The van der Waals surface area contributed by atoms with Gasteiger partial charge in [-0.15, -0.1) is 12.4 Å². The number of halogens is 1. The van der Waals surface area contributed by atoms with Gasteiger partial charge in [-0.25, -0.2) is 0 Å². The smallest absolute Gasteiger partial charge is 0.223 e. The predicted molar refractivity (Wildman–Crippen MR) is 118 cm³/mol. The Balaban J connectivity index is 0.00000240. The van der Waals surface area contributed by atoms with Crippen LogP contribution < -0.4 is 11.1 Å². The van der Waals surface area contributed by atoms with Gasteiger partial charge in [0.1, 0.15) is 0 Å². The van der Waals surface area contributed by atoms with E-state index in [0.29, 0.717) is 24.4 Å². The molecule has 2 atom stereocenters. The molecule has 2 saturated carbocycles. The number of carbonyl (C=O) groups is 1. The number of fused-ring (bicyclic) bond motifs is 2. The monoisotopic (exact) mass is 416 g/mol. The zero-order valence-electron chi connectivity index (χ0n) is 17.4. The highest BCUT2D eigenvalue weighted by atomic mass is 35.5. The van der Waals surface area contributed by atoms with Gasteiger partial charge in [-0.1, -0.05) is 36.8 Å². The predicted octanol–water partition coefficient (Wildman–Crippen LogP) is 3.74. The third-order valence-corrected chi connectivity index (χ3v) is 6.93. The van der Waals surface area contributed by atoms with E-state index >= 15 is 0 Å². The van der Waals surface area contributed by atoms with Crippen LogP contribution in [0, 0.1) is 31.6 Å². The van der Waals surface area contributed by atoms with Gasteiger partial charge in [0.2, 0.25) is 5.91 Å². The molecular weight excluding hydrogens is 384 g/mol. The highest BCUT2D eigenvalue weighted by Crippen LogP contribution is 2.41. The zero-order chi connectivity index (χ0) is 19.7. The van der Waals surface area contributed by atoms with Crippen molar-refractivity contribution < 1.29 is 4.79 Å². The molecule has 1 heterocycles. The third-order valence-electron chi connectivity index (χ3n) is 6.93. The molecule has 0 radical (unpaired) electrons. The van der Waals surface area contributed by atoms with Crippen LogP contribution in [0.5, 0.6) is 0 Å². The average molecular weight is 417 g/mol. The molecule has 2 bridgehead atoms. The molecule has 2 unspecified atom stereocenters. The van der Waals surface area contributed by atoms with Crippen LogP contribution in [0.25, 0.3) is 0 Å². The molecule has 5 nitrogen and oxygen atoms in total. The van der Waals surface area contributed by atoms with Gasteiger partial charge < -0.3 is 11.1 Å². The maximum Gasteiger partial charge on any atom is 0.223 e. The minimum Gasteiger partial charge on any atom is -0.352 e. The van der Waals surface area contributed by atoms with E-state index in [0.717, 1.165) is 36.3 Å². The summed E-state index contributed by atoms with van der Waals surface area (Å²) in [5, 5.41) is 7.90. The Labute approximate surface area is 179 Å². The van der Waals surface area contributed by atoms with Crippen LogP contribution in [0.15, 0.2) is 30.3 Å². The Morgan fingerprint density at radius 3 is 2.48 bits per heavy atom. The van der Waals surface area contributed by atoms with E-state index in [1.165, 1.54) is 24.8 Å². The van der Waals surface area contributed by atoms with E-state index in [4.69, 9.17) is 10.8 Å². The Morgan fingerprint density at radius 2 is 1.83 bits per heavy atom. The van der Waals surface area contributed by atoms with E-state index in [1.807, 2.05) is 29.8 Å². The number of benzene rings is 1. The maximum absolute atomic E-state index is 12.9. The van der Waals surface area contributed by atoms with E-state index in [9.17, 15) is 4.79 Å². The van der Waals surface area contributed by atoms with Crippen molar-refractivity contribution in [1.82, 2.24) is 15.1 Å². The van der Waals surface area contributed by atoms with Crippen molar-refractivity contribution in [3.8, 4) is 0 Å². The van der Waals surface area contributed by atoms with Gasteiger partial charge in [-0.05, 0) is 56.9 Å². The SMILES string of the molecule is Cc1nn(Cc2ccccc2)c(C)c1CNC(=O)C1CC2CCCC(C1)C2N.Cl. The number of nitrogens with two attached hydrogens (primary N) is 1. The third kappa shape index (κ3) is 4.67. The van der Waals surface area contributed by atoms with E-state index in [-0.39, 0.29) is 24.2 Å². The summed E-state index contributed by atoms with van der Waals surface area (Å²) in [6, 6.07) is 10.7. The lowest BCUT2D eigenvalue weighted by molar-refractivity contribution is -0.128. The topological polar surface area (TPSA) is 72.9 Å². The molecule has 2 aliphatic carbocycles. The summed E-state index contributed by atoms with van der Waals surface area (Å²) in [7, 11) is 0. The Morgan fingerprint density at radius 1 is 1.17 bits per heavy atom. The first kappa shape index (κ1) is 21.8. The molecule has 0 spiro atoms. The van der Waals surface area contributed by atoms with Crippen LogP contribution in [0.3, 0.4) is 0 Å². The van der Waals surface area contributed by atoms with Crippen molar-refractivity contribution in [2.24, 2.45) is 23.5 Å². The second kappa shape index (κ2) is 9.31. The van der Waals surface area contributed by atoms with Crippen LogP contribution in [0.4, 0.5) is 0 Å². The molecule has 1 aromatic heterocycles. The van der Waals surface area contributed by atoms with E-state index in [2.05, 4.69) is 24.4 Å². The molecule has 4 rings (SSSR count). The quantitative estimate of drug-likeness (QED) is 0.779. The number of amides is 1. The van der Waals surface area contributed by atoms with Crippen LogP contribution in [0.2, 0.25) is 0 Å². The Bertz CT molecular complexity index is 821. The van der Waals surface area contributed by atoms with Gasteiger partial charge in [0.25, 0.3) is 0 Å². The molecular formula is C23H33ClN4O. The molecule has 1 aromatic carbocycles. The average Bonchev–Trinajstić information content (AvgIpc) is 2.93. The van der Waals surface area contributed by atoms with Crippen molar-refractivity contribution >= 4 is 18.3 Å². The highest BCUT2D eigenvalue weighted by molar-refractivity contribution is 5.85. The lowest BCUT2D eigenvalue weighted by Crippen LogP contribution is -2.49. The van der Waals surface area contributed by atoms with Crippen LogP contribution in [-0.2, 0) is 17.9 Å². The zero-order valence-corrected chi connectivity index (χ0v) is 18.3. The molecule has 6 heteroatoms. The van der Waals surface area contributed by atoms with Crippen molar-refractivity contribution in [2.75, 3.05) is 0 Å². The van der Waals surface area contributed by atoms with Gasteiger partial charge in [0, 0.05) is 29.8 Å². The number of nitrogens with one attached hydrogen (secondary N) is 1. The van der Waals surface area contributed by atoms with Crippen LogP contribution in [-0.4, -0.2) is 21.7 Å². The van der Waals surface area contributed by atoms with Gasteiger partial charge in [0.15, 0.2) is 0 Å². The summed E-state index contributed by atoms with van der Waals surface area (Å²) in [4.78, 5) is 12.9. The summed E-state index contributed by atoms with van der Waals surface area (Å²) >= 11 is 0. The van der Waals surface area contributed by atoms with Gasteiger partial charge >= 0.3 is 0 Å². The van der Waals surface area contributed by atoms with Crippen molar-refractivity contribution in [3.05, 3.63) is 52.8 Å². The summed E-state index contributed by atoms with van der Waals surface area (Å²) in [6.45, 7) is 5.43. The lowest BCUT2D eigenvalue weighted by atomic mass is 9.65. The minimum atomic E-state index is 0. The van der Waals surface area contributed by atoms with Crippen molar-refractivity contribution in [1.29, 1.82) is 0 Å². The summed E-state index contributed by atoms with van der Waals surface area (Å²) in [5.41, 5.74) is 10.9. The lowest BCUT2D eigenvalue weighted by Gasteiger charge is -2.43. The summed E-state index contributed by atoms with van der Waals surface area (Å²) in [6.07, 6.45) is 5.55. The fourth-order valence-electron chi connectivity index (χ4n) is 5.22. The van der Waals surface area contributed by atoms with Crippen LogP contribution in [0.1, 0.15) is 54.6 Å². The number of aryl methyl sites for hydroxylation is 1. The first-order valence-electron chi connectivity index (χ1n) is 10.6. The molecule has 1 amide bonds. The molecule has 0 saturated heterocycles. The summed E-state index contributed by atoms with van der Waals surface area (Å²) in [5.74, 6) is 1.37. The van der Waals surface area contributed by atoms with Gasteiger partial charge in [0.05, 0.1) is 12.2 Å². The minimum absolute atomic E-state index is 0. The van der Waals surface area contributed by atoms with Gasteiger partial charge in [-0.3, -0.25) is 9.48 Å². The number of hydrogen-bond acceptors (Lipinski definition) is 3. The van der Waals surface area contributed by atoms with Crippen molar-refractivity contribution in [3.63, 3.8) is 0 Å². The summed E-state index contributed by atoms with van der Waals surface area (Å²) < 4.78 is 2.04. The molecule has 2 aromatic rings. The second-order valence-corrected chi connectivity index (χ2v) is 8.71. The molecule has 3 N–H and O–H groups in total. The number of nitrogens with zero attached hydrogens (tertiary/aromatic N) is 2. The Hall–Kier alpha value is -1.85. The molecule has 29 heavy (non-hydrogen) atoms. The van der Waals surface area contributed by atoms with E-state index in [1.54, 1.807) is 0 Å². The van der Waals surface area contributed by atoms with E-state index < -0.39 is 0 Å². The normalized spacial score (nSPS) is 25.9. The fraction of sp³-hybridized carbons (Fsp3) is 0.565. The largest absolute Gasteiger partial charge is 0.352 e. The maximum atomic E-state index is 12.9.